The number of carbonyl (C=O) groups is 1. The van der Waals surface area contributed by atoms with Gasteiger partial charge >= 0.3 is 0 Å². The SMILES string of the molecule is Cc1ccc2c(C(C)N(C)C(=O)C=Cc3ccc(N)nc3)c[nH]c2c1. The maximum absolute atomic E-state index is 12.5. The van der Waals surface area contributed by atoms with Crippen LogP contribution < -0.4 is 5.73 Å². The first-order valence-corrected chi connectivity index (χ1v) is 8.20. The number of aromatic amines is 1. The molecule has 1 amide bonds. The van der Waals surface area contributed by atoms with Crippen molar-refractivity contribution in [3.8, 4) is 0 Å². The third kappa shape index (κ3) is 3.55. The summed E-state index contributed by atoms with van der Waals surface area (Å²) >= 11 is 0. The van der Waals surface area contributed by atoms with Gasteiger partial charge in [0.15, 0.2) is 0 Å². The number of nitrogen functional groups attached to an aromatic ring is 1. The van der Waals surface area contributed by atoms with E-state index in [2.05, 4.69) is 35.1 Å². The zero-order chi connectivity index (χ0) is 18.0. The molecule has 128 valence electrons. The van der Waals surface area contributed by atoms with Crippen molar-refractivity contribution in [2.75, 3.05) is 12.8 Å². The lowest BCUT2D eigenvalue weighted by molar-refractivity contribution is -0.126. The van der Waals surface area contributed by atoms with Crippen LogP contribution in [0.1, 0.15) is 29.7 Å². The largest absolute Gasteiger partial charge is 0.384 e. The Kier molecular flexibility index (Phi) is 4.57. The lowest BCUT2D eigenvalue weighted by Gasteiger charge is -2.23. The standard InChI is InChI=1S/C20H22N4O/c1-13-4-7-16-17(12-22-18(16)10-13)14(2)24(3)20(25)9-6-15-5-8-19(21)23-11-15/h4-12,14,22H,1-3H3,(H2,21,23). The van der Waals surface area contributed by atoms with E-state index in [1.807, 2.05) is 26.2 Å². The minimum Gasteiger partial charge on any atom is -0.384 e. The molecule has 2 heterocycles. The summed E-state index contributed by atoms with van der Waals surface area (Å²) in [5, 5.41) is 1.14. The monoisotopic (exact) mass is 334 g/mol. The predicted octanol–water partition coefficient (Wildman–Crippen LogP) is 3.69. The van der Waals surface area contributed by atoms with Gasteiger partial charge in [-0.3, -0.25) is 4.79 Å². The molecule has 3 rings (SSSR count). The van der Waals surface area contributed by atoms with Crippen LogP contribution in [0.25, 0.3) is 17.0 Å². The molecule has 1 unspecified atom stereocenters. The van der Waals surface area contributed by atoms with E-state index < -0.39 is 0 Å². The fourth-order valence-corrected chi connectivity index (χ4v) is 2.81. The van der Waals surface area contributed by atoms with Crippen molar-refractivity contribution >= 4 is 28.7 Å². The van der Waals surface area contributed by atoms with E-state index in [0.717, 1.165) is 22.0 Å². The number of hydrogen-bond acceptors (Lipinski definition) is 3. The zero-order valence-electron chi connectivity index (χ0n) is 14.7. The molecule has 3 aromatic rings. The molecule has 0 radical (unpaired) electrons. The van der Waals surface area contributed by atoms with Gasteiger partial charge in [0.25, 0.3) is 0 Å². The smallest absolute Gasteiger partial charge is 0.246 e. The zero-order valence-corrected chi connectivity index (χ0v) is 14.7. The van der Waals surface area contributed by atoms with Gasteiger partial charge in [-0.1, -0.05) is 12.1 Å². The minimum atomic E-state index is -0.0641. The molecule has 0 spiro atoms. The lowest BCUT2D eigenvalue weighted by Crippen LogP contribution is -2.27. The highest BCUT2D eigenvalue weighted by molar-refractivity contribution is 5.92. The van der Waals surface area contributed by atoms with Gasteiger partial charge in [0, 0.05) is 36.4 Å². The van der Waals surface area contributed by atoms with E-state index >= 15 is 0 Å². The molecule has 0 bridgehead atoms. The summed E-state index contributed by atoms with van der Waals surface area (Å²) < 4.78 is 0. The van der Waals surface area contributed by atoms with Gasteiger partial charge in [0.05, 0.1) is 6.04 Å². The topological polar surface area (TPSA) is 75.0 Å². The Morgan fingerprint density at radius 2 is 2.12 bits per heavy atom. The number of hydrogen-bond donors (Lipinski definition) is 2. The molecule has 0 fully saturated rings. The first-order valence-electron chi connectivity index (χ1n) is 8.20. The number of nitrogens with zero attached hydrogens (tertiary/aromatic N) is 2. The summed E-state index contributed by atoms with van der Waals surface area (Å²) in [6.07, 6.45) is 6.93. The number of pyridine rings is 1. The van der Waals surface area contributed by atoms with Crippen molar-refractivity contribution in [3.05, 3.63) is 65.5 Å². The van der Waals surface area contributed by atoms with Gasteiger partial charge < -0.3 is 15.6 Å². The van der Waals surface area contributed by atoms with E-state index in [1.54, 1.807) is 29.3 Å². The number of nitrogens with two attached hydrogens (primary N) is 1. The molecule has 0 saturated heterocycles. The Balaban J connectivity index is 1.77. The Morgan fingerprint density at radius 3 is 2.84 bits per heavy atom. The third-order valence-corrected chi connectivity index (χ3v) is 4.48. The first kappa shape index (κ1) is 16.8. The molecule has 0 aliphatic carbocycles. The molecule has 0 saturated carbocycles. The van der Waals surface area contributed by atoms with Crippen molar-refractivity contribution < 1.29 is 4.79 Å². The van der Waals surface area contributed by atoms with Crippen LogP contribution in [0.15, 0.2) is 48.8 Å². The lowest BCUT2D eigenvalue weighted by atomic mass is 10.0. The quantitative estimate of drug-likeness (QED) is 0.715. The normalized spacial score (nSPS) is 12.6. The highest BCUT2D eigenvalue weighted by atomic mass is 16.2. The summed E-state index contributed by atoms with van der Waals surface area (Å²) in [6.45, 7) is 4.09. The fourth-order valence-electron chi connectivity index (χ4n) is 2.81. The molecule has 5 nitrogen and oxygen atoms in total. The van der Waals surface area contributed by atoms with Gasteiger partial charge in [0.1, 0.15) is 5.82 Å². The number of aryl methyl sites for hydroxylation is 1. The second-order valence-electron chi connectivity index (χ2n) is 6.27. The summed E-state index contributed by atoms with van der Waals surface area (Å²) in [6, 6.07) is 9.80. The van der Waals surface area contributed by atoms with Crippen LogP contribution in [0.5, 0.6) is 0 Å². The van der Waals surface area contributed by atoms with Crippen LogP contribution in [-0.2, 0) is 4.79 Å². The van der Waals surface area contributed by atoms with Crippen molar-refractivity contribution in [2.24, 2.45) is 0 Å². The average molecular weight is 334 g/mol. The molecular weight excluding hydrogens is 312 g/mol. The van der Waals surface area contributed by atoms with Crippen molar-refractivity contribution in [3.63, 3.8) is 0 Å². The second-order valence-corrected chi connectivity index (χ2v) is 6.27. The van der Waals surface area contributed by atoms with Gasteiger partial charge in [-0.15, -0.1) is 0 Å². The molecule has 0 aliphatic rings. The number of nitrogens with one attached hydrogen (secondary N) is 1. The van der Waals surface area contributed by atoms with E-state index in [1.165, 1.54) is 5.56 Å². The minimum absolute atomic E-state index is 0.0434. The first-order chi connectivity index (χ1) is 12.0. The molecular formula is C20H22N4O. The van der Waals surface area contributed by atoms with Gasteiger partial charge in [-0.2, -0.15) is 0 Å². The number of rotatable bonds is 4. The molecule has 1 atom stereocenters. The Hall–Kier alpha value is -3.08. The number of anilines is 1. The Labute approximate surface area is 147 Å². The number of amides is 1. The molecule has 3 N–H and O–H groups in total. The number of aromatic nitrogens is 2. The average Bonchev–Trinajstić information content (AvgIpc) is 3.02. The van der Waals surface area contributed by atoms with E-state index in [0.29, 0.717) is 5.82 Å². The van der Waals surface area contributed by atoms with Crippen molar-refractivity contribution in [2.45, 2.75) is 19.9 Å². The number of benzene rings is 1. The van der Waals surface area contributed by atoms with E-state index in [9.17, 15) is 4.79 Å². The summed E-state index contributed by atoms with van der Waals surface area (Å²) in [7, 11) is 1.81. The number of H-pyrrole nitrogens is 1. The molecule has 2 aromatic heterocycles. The predicted molar refractivity (Wildman–Crippen MR) is 102 cm³/mol. The molecule has 0 aliphatic heterocycles. The molecule has 25 heavy (non-hydrogen) atoms. The van der Waals surface area contributed by atoms with Gasteiger partial charge in [0.2, 0.25) is 5.91 Å². The number of carbonyl (C=O) groups excluding carboxylic acids is 1. The van der Waals surface area contributed by atoms with E-state index in [4.69, 9.17) is 5.73 Å². The van der Waals surface area contributed by atoms with Crippen LogP contribution in [0.3, 0.4) is 0 Å². The van der Waals surface area contributed by atoms with Gasteiger partial charge in [-0.05, 0) is 54.8 Å². The second kappa shape index (κ2) is 6.81. The van der Waals surface area contributed by atoms with Gasteiger partial charge in [-0.25, -0.2) is 4.98 Å². The maximum Gasteiger partial charge on any atom is 0.246 e. The summed E-state index contributed by atoms with van der Waals surface area (Å²) in [5.41, 5.74) is 9.81. The number of likely N-dealkylation sites (N-methyl/N-ethyl adjacent to an activating group) is 1. The summed E-state index contributed by atoms with van der Waals surface area (Å²) in [5.74, 6) is 0.398. The van der Waals surface area contributed by atoms with Crippen LogP contribution in [0.2, 0.25) is 0 Å². The maximum atomic E-state index is 12.5. The fraction of sp³-hybridized carbons (Fsp3) is 0.200. The van der Waals surface area contributed by atoms with Crippen molar-refractivity contribution in [1.82, 2.24) is 14.9 Å². The molecule has 5 heteroatoms. The highest BCUT2D eigenvalue weighted by Gasteiger charge is 2.18. The van der Waals surface area contributed by atoms with Crippen LogP contribution >= 0.6 is 0 Å². The van der Waals surface area contributed by atoms with Crippen LogP contribution in [-0.4, -0.2) is 27.8 Å². The van der Waals surface area contributed by atoms with Crippen LogP contribution in [0.4, 0.5) is 5.82 Å². The number of fused-ring (bicyclic) bond motifs is 1. The molecule has 1 aromatic carbocycles. The third-order valence-electron chi connectivity index (χ3n) is 4.48. The summed E-state index contributed by atoms with van der Waals surface area (Å²) in [4.78, 5) is 21.5. The highest BCUT2D eigenvalue weighted by Crippen LogP contribution is 2.28. The van der Waals surface area contributed by atoms with Crippen LogP contribution in [0, 0.1) is 6.92 Å². The van der Waals surface area contributed by atoms with Crippen molar-refractivity contribution in [1.29, 1.82) is 0 Å². The Bertz CT molecular complexity index is 925. The Morgan fingerprint density at radius 1 is 1.32 bits per heavy atom. The van der Waals surface area contributed by atoms with E-state index in [-0.39, 0.29) is 11.9 Å².